The molecule has 0 bridgehead atoms. The van der Waals surface area contributed by atoms with Crippen molar-refractivity contribution in [1.29, 1.82) is 0 Å². The van der Waals surface area contributed by atoms with Crippen LogP contribution in [0.3, 0.4) is 0 Å². The molecule has 2 aromatic rings. The molecule has 0 aliphatic heterocycles. The SMILES string of the molecule is COc1cc(-c2cncc(CNC3CC3)c2)ccc1Cl. The Labute approximate surface area is 123 Å². The van der Waals surface area contributed by atoms with Crippen LogP contribution in [0.2, 0.25) is 5.02 Å². The number of hydrogen-bond donors (Lipinski definition) is 1. The maximum atomic E-state index is 6.06. The van der Waals surface area contributed by atoms with Crippen molar-refractivity contribution in [3.05, 3.63) is 47.2 Å². The van der Waals surface area contributed by atoms with Crippen LogP contribution in [0.1, 0.15) is 18.4 Å². The van der Waals surface area contributed by atoms with Crippen molar-refractivity contribution in [2.75, 3.05) is 7.11 Å². The first kappa shape index (κ1) is 13.4. The van der Waals surface area contributed by atoms with Crippen molar-refractivity contribution < 1.29 is 4.74 Å². The first-order chi connectivity index (χ1) is 9.76. The molecule has 0 radical (unpaired) electrons. The Morgan fingerprint density at radius 1 is 1.25 bits per heavy atom. The normalized spacial score (nSPS) is 14.3. The minimum absolute atomic E-state index is 0.621. The summed E-state index contributed by atoms with van der Waals surface area (Å²) in [4.78, 5) is 4.32. The molecular formula is C16H17ClN2O. The van der Waals surface area contributed by atoms with Crippen LogP contribution in [-0.2, 0) is 6.54 Å². The number of nitrogens with zero attached hydrogens (tertiary/aromatic N) is 1. The highest BCUT2D eigenvalue weighted by Crippen LogP contribution is 2.30. The minimum Gasteiger partial charge on any atom is -0.495 e. The molecule has 1 N–H and O–H groups in total. The summed E-state index contributed by atoms with van der Waals surface area (Å²) in [5.41, 5.74) is 3.34. The summed E-state index contributed by atoms with van der Waals surface area (Å²) in [6.45, 7) is 0.871. The third kappa shape index (κ3) is 3.11. The predicted octanol–water partition coefficient (Wildman–Crippen LogP) is 3.66. The second-order valence-corrected chi connectivity index (χ2v) is 5.49. The molecule has 3 rings (SSSR count). The van der Waals surface area contributed by atoms with Crippen molar-refractivity contribution in [3.8, 4) is 16.9 Å². The van der Waals surface area contributed by atoms with Gasteiger partial charge in [-0.15, -0.1) is 0 Å². The van der Waals surface area contributed by atoms with E-state index in [1.54, 1.807) is 7.11 Å². The number of aromatic nitrogens is 1. The lowest BCUT2D eigenvalue weighted by Gasteiger charge is -2.08. The Morgan fingerprint density at radius 3 is 2.85 bits per heavy atom. The molecule has 4 heteroatoms. The molecule has 1 heterocycles. The monoisotopic (exact) mass is 288 g/mol. The summed E-state index contributed by atoms with van der Waals surface area (Å²) in [6.07, 6.45) is 6.36. The van der Waals surface area contributed by atoms with Crippen LogP contribution in [-0.4, -0.2) is 18.1 Å². The number of pyridine rings is 1. The summed E-state index contributed by atoms with van der Waals surface area (Å²) < 4.78 is 5.26. The largest absolute Gasteiger partial charge is 0.495 e. The van der Waals surface area contributed by atoms with Crippen LogP contribution in [0.25, 0.3) is 11.1 Å². The average Bonchev–Trinajstić information content (AvgIpc) is 3.30. The maximum Gasteiger partial charge on any atom is 0.138 e. The van der Waals surface area contributed by atoms with Gasteiger partial charge in [-0.05, 0) is 42.2 Å². The fraction of sp³-hybridized carbons (Fsp3) is 0.312. The van der Waals surface area contributed by atoms with E-state index in [-0.39, 0.29) is 0 Å². The molecule has 1 saturated carbocycles. The van der Waals surface area contributed by atoms with Gasteiger partial charge in [0.1, 0.15) is 5.75 Å². The Morgan fingerprint density at radius 2 is 2.10 bits per heavy atom. The van der Waals surface area contributed by atoms with E-state index in [4.69, 9.17) is 16.3 Å². The van der Waals surface area contributed by atoms with Crippen molar-refractivity contribution in [2.24, 2.45) is 0 Å². The number of methoxy groups -OCH3 is 1. The van der Waals surface area contributed by atoms with Gasteiger partial charge in [0.05, 0.1) is 12.1 Å². The molecule has 1 aromatic heterocycles. The van der Waals surface area contributed by atoms with E-state index >= 15 is 0 Å². The van der Waals surface area contributed by atoms with Crippen LogP contribution >= 0.6 is 11.6 Å². The molecule has 104 valence electrons. The van der Waals surface area contributed by atoms with E-state index in [9.17, 15) is 0 Å². The molecule has 0 amide bonds. The van der Waals surface area contributed by atoms with Gasteiger partial charge in [0.2, 0.25) is 0 Å². The second kappa shape index (κ2) is 5.81. The average molecular weight is 289 g/mol. The summed E-state index contributed by atoms with van der Waals surface area (Å²) in [5, 5.41) is 4.12. The lowest BCUT2D eigenvalue weighted by Crippen LogP contribution is -2.15. The highest BCUT2D eigenvalue weighted by atomic mass is 35.5. The summed E-state index contributed by atoms with van der Waals surface area (Å²) in [6, 6.07) is 8.64. The number of nitrogens with one attached hydrogen (secondary N) is 1. The van der Waals surface area contributed by atoms with Gasteiger partial charge in [0.15, 0.2) is 0 Å². The van der Waals surface area contributed by atoms with Crippen molar-refractivity contribution in [3.63, 3.8) is 0 Å². The minimum atomic E-state index is 0.621. The van der Waals surface area contributed by atoms with Crippen LogP contribution in [0, 0.1) is 0 Å². The third-order valence-corrected chi connectivity index (χ3v) is 3.76. The lowest BCUT2D eigenvalue weighted by atomic mass is 10.1. The number of ether oxygens (including phenoxy) is 1. The Kier molecular flexibility index (Phi) is 3.90. The van der Waals surface area contributed by atoms with Gasteiger partial charge in [-0.25, -0.2) is 0 Å². The lowest BCUT2D eigenvalue weighted by molar-refractivity contribution is 0.415. The van der Waals surface area contributed by atoms with E-state index in [0.29, 0.717) is 16.8 Å². The molecule has 1 aliphatic rings. The first-order valence-corrected chi connectivity index (χ1v) is 7.15. The quantitative estimate of drug-likeness (QED) is 0.912. The summed E-state index contributed by atoms with van der Waals surface area (Å²) >= 11 is 6.06. The van der Waals surface area contributed by atoms with Gasteiger partial charge >= 0.3 is 0 Å². The van der Waals surface area contributed by atoms with Crippen LogP contribution in [0.4, 0.5) is 0 Å². The highest BCUT2D eigenvalue weighted by Gasteiger charge is 2.19. The zero-order valence-corrected chi connectivity index (χ0v) is 12.2. The molecule has 0 unspecified atom stereocenters. The number of halogens is 1. The molecule has 0 atom stereocenters. The van der Waals surface area contributed by atoms with Crippen LogP contribution < -0.4 is 10.1 Å². The summed E-state index contributed by atoms with van der Waals surface area (Å²) in [7, 11) is 1.62. The first-order valence-electron chi connectivity index (χ1n) is 6.77. The van der Waals surface area contributed by atoms with E-state index in [0.717, 1.165) is 17.7 Å². The molecule has 3 nitrogen and oxygen atoms in total. The van der Waals surface area contributed by atoms with Gasteiger partial charge in [-0.2, -0.15) is 0 Å². The third-order valence-electron chi connectivity index (χ3n) is 3.45. The Balaban J connectivity index is 1.83. The van der Waals surface area contributed by atoms with E-state index in [2.05, 4.69) is 16.4 Å². The smallest absolute Gasteiger partial charge is 0.138 e. The number of benzene rings is 1. The maximum absolute atomic E-state index is 6.06. The van der Waals surface area contributed by atoms with Gasteiger partial charge < -0.3 is 10.1 Å². The molecule has 1 aliphatic carbocycles. The Bertz CT molecular complexity index is 611. The van der Waals surface area contributed by atoms with E-state index in [1.807, 2.05) is 30.6 Å². The topological polar surface area (TPSA) is 34.1 Å². The molecule has 0 spiro atoms. The zero-order valence-electron chi connectivity index (χ0n) is 11.4. The number of hydrogen-bond acceptors (Lipinski definition) is 3. The van der Waals surface area contributed by atoms with Gasteiger partial charge in [0.25, 0.3) is 0 Å². The Hall–Kier alpha value is -1.58. The molecular weight excluding hydrogens is 272 g/mol. The zero-order chi connectivity index (χ0) is 13.9. The highest BCUT2D eigenvalue weighted by molar-refractivity contribution is 6.32. The molecule has 1 fully saturated rings. The van der Waals surface area contributed by atoms with Crippen LogP contribution in [0.5, 0.6) is 5.75 Å². The van der Waals surface area contributed by atoms with Gasteiger partial charge in [-0.3, -0.25) is 4.98 Å². The molecule has 20 heavy (non-hydrogen) atoms. The van der Waals surface area contributed by atoms with E-state index < -0.39 is 0 Å². The molecule has 0 saturated heterocycles. The fourth-order valence-electron chi connectivity index (χ4n) is 2.13. The predicted molar refractivity (Wildman–Crippen MR) is 81.1 cm³/mol. The standard InChI is InChI=1S/C16H17ClN2O/c1-20-16-7-12(2-5-15(16)17)13-6-11(8-18-10-13)9-19-14-3-4-14/h2,5-8,10,14,19H,3-4,9H2,1H3. The number of rotatable bonds is 5. The second-order valence-electron chi connectivity index (χ2n) is 5.09. The van der Waals surface area contributed by atoms with E-state index in [1.165, 1.54) is 18.4 Å². The van der Waals surface area contributed by atoms with Crippen molar-refractivity contribution >= 4 is 11.6 Å². The van der Waals surface area contributed by atoms with Gasteiger partial charge in [-0.1, -0.05) is 17.7 Å². The van der Waals surface area contributed by atoms with Crippen LogP contribution in [0.15, 0.2) is 36.7 Å². The molecule has 1 aromatic carbocycles. The van der Waals surface area contributed by atoms with Crippen molar-refractivity contribution in [1.82, 2.24) is 10.3 Å². The van der Waals surface area contributed by atoms with Crippen molar-refractivity contribution in [2.45, 2.75) is 25.4 Å². The summed E-state index contributed by atoms with van der Waals surface area (Å²) in [5.74, 6) is 0.686. The van der Waals surface area contributed by atoms with Gasteiger partial charge in [0, 0.05) is 30.5 Å². The fourth-order valence-corrected chi connectivity index (χ4v) is 2.33.